The molecular formula is C10H18N2O6S. The van der Waals surface area contributed by atoms with Crippen LogP contribution in [0.3, 0.4) is 0 Å². The van der Waals surface area contributed by atoms with Crippen molar-refractivity contribution in [3.63, 3.8) is 0 Å². The first kappa shape index (κ1) is 15.7. The molecule has 0 aromatic carbocycles. The number of hydrogen-bond acceptors (Lipinski definition) is 6. The number of nitrogens with one attached hydrogen (secondary N) is 2. The molecule has 9 heteroatoms. The zero-order valence-corrected chi connectivity index (χ0v) is 12.0. The van der Waals surface area contributed by atoms with E-state index in [1.807, 2.05) is 0 Å². The Labute approximate surface area is 112 Å². The van der Waals surface area contributed by atoms with Gasteiger partial charge in [-0.15, -0.1) is 0 Å². The molecular weight excluding hydrogens is 276 g/mol. The van der Waals surface area contributed by atoms with E-state index in [9.17, 15) is 18.0 Å². The van der Waals surface area contributed by atoms with Crippen LogP contribution < -0.4 is 10.6 Å². The monoisotopic (exact) mass is 294 g/mol. The molecule has 1 heterocycles. The highest BCUT2D eigenvalue weighted by molar-refractivity contribution is 7.85. The van der Waals surface area contributed by atoms with Gasteiger partial charge in [-0.2, -0.15) is 8.42 Å². The van der Waals surface area contributed by atoms with E-state index in [1.165, 1.54) is 0 Å². The van der Waals surface area contributed by atoms with Gasteiger partial charge < -0.3 is 15.4 Å². The topological polar surface area (TPSA) is 111 Å². The van der Waals surface area contributed by atoms with Gasteiger partial charge in [-0.25, -0.2) is 4.79 Å². The molecule has 0 saturated carbocycles. The quantitative estimate of drug-likeness (QED) is 0.527. The Kier molecular flexibility index (Phi) is 4.41. The van der Waals surface area contributed by atoms with Gasteiger partial charge in [-0.3, -0.25) is 8.98 Å². The molecule has 2 N–H and O–H groups in total. The standard InChI is InChI=1S/C10H18N2O6S/c1-10(2,3)18-9(14)12-7-6(11-8(7)13)5-17-19(4,15)16/h6-7H,5H2,1-4H3,(H,11,13)(H,12,14). The molecule has 0 aromatic rings. The summed E-state index contributed by atoms with van der Waals surface area (Å²) in [6.07, 6.45) is 0.167. The van der Waals surface area contributed by atoms with Crippen molar-refractivity contribution in [2.45, 2.75) is 38.5 Å². The molecule has 2 amide bonds. The normalized spacial score (nSPS) is 23.3. The van der Waals surface area contributed by atoms with E-state index in [-0.39, 0.29) is 6.61 Å². The lowest BCUT2D eigenvalue weighted by Crippen LogP contribution is -2.70. The third kappa shape index (κ3) is 5.43. The second-order valence-corrected chi connectivity index (χ2v) is 6.87. The first-order valence-corrected chi connectivity index (χ1v) is 7.44. The van der Waals surface area contributed by atoms with Gasteiger partial charge in [0.2, 0.25) is 5.91 Å². The average Bonchev–Trinajstić information content (AvgIpc) is 2.17. The molecule has 1 rings (SSSR count). The minimum Gasteiger partial charge on any atom is -0.444 e. The van der Waals surface area contributed by atoms with E-state index < -0.39 is 39.8 Å². The smallest absolute Gasteiger partial charge is 0.408 e. The predicted octanol–water partition coefficient (Wildman–Crippen LogP) is -0.646. The zero-order chi connectivity index (χ0) is 14.8. The predicted molar refractivity (Wildman–Crippen MR) is 65.9 cm³/mol. The largest absolute Gasteiger partial charge is 0.444 e. The van der Waals surface area contributed by atoms with Crippen LogP contribution in [0.4, 0.5) is 4.79 Å². The van der Waals surface area contributed by atoms with E-state index in [4.69, 9.17) is 4.74 Å². The summed E-state index contributed by atoms with van der Waals surface area (Å²) in [5.41, 5.74) is -0.678. The fraction of sp³-hybridized carbons (Fsp3) is 0.800. The van der Waals surface area contributed by atoms with E-state index in [1.54, 1.807) is 20.8 Å². The lowest BCUT2D eigenvalue weighted by Gasteiger charge is -2.36. The molecule has 0 bridgehead atoms. The van der Waals surface area contributed by atoms with E-state index in [0.717, 1.165) is 6.26 Å². The van der Waals surface area contributed by atoms with Crippen molar-refractivity contribution < 1.29 is 26.9 Å². The van der Waals surface area contributed by atoms with Gasteiger partial charge in [0.1, 0.15) is 11.6 Å². The van der Waals surface area contributed by atoms with Crippen LogP contribution >= 0.6 is 0 Å². The lowest BCUT2D eigenvalue weighted by molar-refractivity contribution is -0.132. The fourth-order valence-electron chi connectivity index (χ4n) is 1.38. The SMILES string of the molecule is CC(C)(C)OC(=O)NC1C(=O)NC1COS(C)(=O)=O. The Hall–Kier alpha value is -1.35. The minimum atomic E-state index is -3.59. The Morgan fingerprint density at radius 1 is 1.42 bits per heavy atom. The minimum absolute atomic E-state index is 0.231. The van der Waals surface area contributed by atoms with E-state index in [0.29, 0.717) is 0 Å². The molecule has 1 aliphatic heterocycles. The first-order valence-electron chi connectivity index (χ1n) is 5.62. The van der Waals surface area contributed by atoms with Crippen LogP contribution in [0, 0.1) is 0 Å². The van der Waals surface area contributed by atoms with Gasteiger partial charge in [0.25, 0.3) is 10.1 Å². The second kappa shape index (κ2) is 5.33. The Bertz CT molecular complexity index is 467. The summed E-state index contributed by atoms with van der Waals surface area (Å²) in [4.78, 5) is 22.8. The highest BCUT2D eigenvalue weighted by Crippen LogP contribution is 2.11. The first-order chi connectivity index (χ1) is 8.48. The van der Waals surface area contributed by atoms with Crippen molar-refractivity contribution >= 4 is 22.1 Å². The molecule has 2 unspecified atom stereocenters. The van der Waals surface area contributed by atoms with Crippen LogP contribution in [-0.2, 0) is 23.8 Å². The molecule has 19 heavy (non-hydrogen) atoms. The van der Waals surface area contributed by atoms with Crippen LogP contribution in [-0.4, -0.2) is 51.0 Å². The molecule has 1 saturated heterocycles. The van der Waals surface area contributed by atoms with Gasteiger partial charge in [0, 0.05) is 0 Å². The maximum absolute atomic E-state index is 11.5. The third-order valence-corrected chi connectivity index (χ3v) is 2.71. The van der Waals surface area contributed by atoms with E-state index in [2.05, 4.69) is 14.8 Å². The number of carbonyl (C=O) groups is 2. The van der Waals surface area contributed by atoms with E-state index >= 15 is 0 Å². The number of alkyl carbamates (subject to hydrolysis) is 1. The van der Waals surface area contributed by atoms with Crippen molar-refractivity contribution in [2.24, 2.45) is 0 Å². The Morgan fingerprint density at radius 2 is 2.00 bits per heavy atom. The number of ether oxygens (including phenoxy) is 1. The lowest BCUT2D eigenvalue weighted by atomic mass is 10.0. The molecule has 0 radical (unpaired) electrons. The van der Waals surface area contributed by atoms with Gasteiger partial charge in [-0.05, 0) is 20.8 Å². The maximum Gasteiger partial charge on any atom is 0.408 e. The Balaban J connectivity index is 2.47. The van der Waals surface area contributed by atoms with Crippen LogP contribution in [0.25, 0.3) is 0 Å². The van der Waals surface area contributed by atoms with Crippen molar-refractivity contribution in [2.75, 3.05) is 12.9 Å². The molecule has 8 nitrogen and oxygen atoms in total. The molecule has 1 fully saturated rings. The number of hydrogen-bond donors (Lipinski definition) is 2. The van der Waals surface area contributed by atoms with Crippen LogP contribution in [0.5, 0.6) is 0 Å². The highest BCUT2D eigenvalue weighted by Gasteiger charge is 2.41. The molecule has 1 aliphatic rings. The van der Waals surface area contributed by atoms with Gasteiger partial charge in [-0.1, -0.05) is 0 Å². The molecule has 0 spiro atoms. The summed E-state index contributed by atoms with van der Waals surface area (Å²) < 4.78 is 31.2. The summed E-state index contributed by atoms with van der Waals surface area (Å²) in [5.74, 6) is -0.409. The summed E-state index contributed by atoms with van der Waals surface area (Å²) in [7, 11) is -3.59. The van der Waals surface area contributed by atoms with Crippen LogP contribution in [0.1, 0.15) is 20.8 Å². The maximum atomic E-state index is 11.5. The molecule has 0 aliphatic carbocycles. The van der Waals surface area contributed by atoms with Gasteiger partial charge >= 0.3 is 6.09 Å². The van der Waals surface area contributed by atoms with Crippen LogP contribution in [0.2, 0.25) is 0 Å². The van der Waals surface area contributed by atoms with Crippen molar-refractivity contribution in [1.29, 1.82) is 0 Å². The summed E-state index contributed by atoms with van der Waals surface area (Å²) in [5, 5.41) is 4.80. The summed E-state index contributed by atoms with van der Waals surface area (Å²) >= 11 is 0. The number of amides is 2. The average molecular weight is 294 g/mol. The Morgan fingerprint density at radius 3 is 2.42 bits per heavy atom. The summed E-state index contributed by atoms with van der Waals surface area (Å²) in [6, 6.07) is -1.44. The van der Waals surface area contributed by atoms with Crippen LogP contribution in [0.15, 0.2) is 0 Å². The molecule has 110 valence electrons. The third-order valence-electron chi connectivity index (χ3n) is 2.15. The molecule has 0 aromatic heterocycles. The summed E-state index contributed by atoms with van der Waals surface area (Å²) in [6.45, 7) is 4.85. The van der Waals surface area contributed by atoms with Gasteiger partial charge in [0.05, 0.1) is 18.9 Å². The van der Waals surface area contributed by atoms with Gasteiger partial charge in [0.15, 0.2) is 0 Å². The zero-order valence-electron chi connectivity index (χ0n) is 11.2. The highest BCUT2D eigenvalue weighted by atomic mass is 32.2. The van der Waals surface area contributed by atoms with Crippen molar-refractivity contribution in [3.05, 3.63) is 0 Å². The second-order valence-electron chi connectivity index (χ2n) is 5.23. The van der Waals surface area contributed by atoms with Crippen molar-refractivity contribution in [1.82, 2.24) is 10.6 Å². The number of carbonyl (C=O) groups excluding carboxylic acids is 2. The number of rotatable bonds is 4. The fourth-order valence-corrected chi connectivity index (χ4v) is 1.77. The van der Waals surface area contributed by atoms with Crippen molar-refractivity contribution in [3.8, 4) is 0 Å². The number of β-lactam (4-membered cyclic amide) rings is 1. The molecule has 2 atom stereocenters.